The highest BCUT2D eigenvalue weighted by atomic mass is 35.5. The van der Waals surface area contributed by atoms with Crippen LogP contribution >= 0.6 is 12.4 Å². The molecule has 0 spiro atoms. The van der Waals surface area contributed by atoms with E-state index in [0.717, 1.165) is 25.3 Å². The lowest BCUT2D eigenvalue weighted by atomic mass is 10.1. The molecule has 104 valence electrons. The number of hydrogen-bond acceptors (Lipinski definition) is 3. The molecule has 3 rings (SSSR count). The summed E-state index contributed by atoms with van der Waals surface area (Å²) in [6.07, 6.45) is 3.94. The number of amides is 1. The highest BCUT2D eigenvalue weighted by Gasteiger charge is 2.36. The molecule has 5 nitrogen and oxygen atoms in total. The first-order valence-electron chi connectivity index (χ1n) is 6.37. The SMILES string of the molecule is Cc1cc(C)n(C2CN(C(=O)C3C=CCN3)C2)n1.Cl. The van der Waals surface area contributed by atoms with E-state index in [1.165, 1.54) is 5.69 Å². The van der Waals surface area contributed by atoms with Crippen LogP contribution in [0.2, 0.25) is 0 Å². The number of rotatable bonds is 2. The number of carbonyl (C=O) groups excluding carboxylic acids is 1. The minimum Gasteiger partial charge on any atom is -0.337 e. The van der Waals surface area contributed by atoms with Gasteiger partial charge < -0.3 is 4.90 Å². The Balaban J connectivity index is 0.00000133. The molecule has 1 aromatic heterocycles. The van der Waals surface area contributed by atoms with Crippen LogP contribution in [0.5, 0.6) is 0 Å². The molecule has 1 amide bonds. The summed E-state index contributed by atoms with van der Waals surface area (Å²) in [5.74, 6) is 0.182. The summed E-state index contributed by atoms with van der Waals surface area (Å²) in [6, 6.07) is 2.30. The van der Waals surface area contributed by atoms with E-state index in [2.05, 4.69) is 23.4 Å². The van der Waals surface area contributed by atoms with Gasteiger partial charge in [-0.05, 0) is 19.9 Å². The van der Waals surface area contributed by atoms with Gasteiger partial charge in [-0.15, -0.1) is 12.4 Å². The lowest BCUT2D eigenvalue weighted by Crippen LogP contribution is -2.55. The van der Waals surface area contributed by atoms with Crippen LogP contribution in [0, 0.1) is 13.8 Å². The largest absolute Gasteiger partial charge is 0.337 e. The predicted molar refractivity (Wildman–Crippen MR) is 75.5 cm³/mol. The molecule has 2 aliphatic rings. The van der Waals surface area contributed by atoms with Crippen molar-refractivity contribution in [3.8, 4) is 0 Å². The van der Waals surface area contributed by atoms with Crippen LogP contribution in [0.3, 0.4) is 0 Å². The summed E-state index contributed by atoms with van der Waals surface area (Å²) in [4.78, 5) is 14.0. The van der Waals surface area contributed by atoms with Crippen LogP contribution in [0.4, 0.5) is 0 Å². The molecular formula is C13H19ClN4O. The fourth-order valence-corrected chi connectivity index (χ4v) is 2.64. The number of likely N-dealkylation sites (tertiary alicyclic amines) is 1. The van der Waals surface area contributed by atoms with Gasteiger partial charge in [0.05, 0.1) is 11.7 Å². The molecule has 1 unspecified atom stereocenters. The van der Waals surface area contributed by atoms with E-state index >= 15 is 0 Å². The first-order chi connectivity index (χ1) is 8.65. The van der Waals surface area contributed by atoms with Gasteiger partial charge in [-0.1, -0.05) is 12.2 Å². The smallest absolute Gasteiger partial charge is 0.243 e. The minimum absolute atomic E-state index is 0. The number of nitrogens with zero attached hydrogens (tertiary/aromatic N) is 3. The molecule has 6 heteroatoms. The van der Waals surface area contributed by atoms with Crippen molar-refractivity contribution in [2.45, 2.75) is 25.9 Å². The van der Waals surface area contributed by atoms with Gasteiger partial charge in [0.2, 0.25) is 5.91 Å². The molecule has 19 heavy (non-hydrogen) atoms. The molecule has 0 aliphatic carbocycles. The lowest BCUT2D eigenvalue weighted by molar-refractivity contribution is -0.138. The third kappa shape index (κ3) is 2.53. The molecule has 3 heterocycles. The third-order valence-corrected chi connectivity index (χ3v) is 3.61. The number of halogens is 1. The zero-order chi connectivity index (χ0) is 12.7. The predicted octanol–water partition coefficient (Wildman–Crippen LogP) is 0.833. The van der Waals surface area contributed by atoms with Gasteiger partial charge in [0.25, 0.3) is 0 Å². The summed E-state index contributed by atoms with van der Waals surface area (Å²) in [5.41, 5.74) is 2.21. The van der Waals surface area contributed by atoms with Gasteiger partial charge >= 0.3 is 0 Å². The Kier molecular flexibility index (Phi) is 3.96. The van der Waals surface area contributed by atoms with Crippen molar-refractivity contribution in [1.82, 2.24) is 20.0 Å². The van der Waals surface area contributed by atoms with E-state index in [9.17, 15) is 4.79 Å². The Labute approximate surface area is 119 Å². The quantitative estimate of drug-likeness (QED) is 0.818. The Morgan fingerprint density at radius 3 is 2.68 bits per heavy atom. The Hall–Kier alpha value is -1.33. The van der Waals surface area contributed by atoms with Crippen molar-refractivity contribution in [3.05, 3.63) is 29.6 Å². The highest BCUT2D eigenvalue weighted by molar-refractivity contribution is 5.85. The fourth-order valence-electron chi connectivity index (χ4n) is 2.64. The molecule has 0 aromatic carbocycles. The molecule has 0 radical (unpaired) electrons. The molecule has 2 aliphatic heterocycles. The Morgan fingerprint density at radius 2 is 2.16 bits per heavy atom. The molecule has 1 fully saturated rings. The summed E-state index contributed by atoms with van der Waals surface area (Å²) in [5, 5.41) is 7.62. The van der Waals surface area contributed by atoms with Crippen molar-refractivity contribution < 1.29 is 4.79 Å². The first-order valence-corrected chi connectivity index (χ1v) is 6.37. The zero-order valence-corrected chi connectivity index (χ0v) is 12.0. The zero-order valence-electron chi connectivity index (χ0n) is 11.2. The topological polar surface area (TPSA) is 50.2 Å². The van der Waals surface area contributed by atoms with Crippen LogP contribution < -0.4 is 5.32 Å². The number of hydrogen-bond donors (Lipinski definition) is 1. The number of nitrogens with one attached hydrogen (secondary N) is 1. The van der Waals surface area contributed by atoms with Crippen molar-refractivity contribution in [3.63, 3.8) is 0 Å². The van der Waals surface area contributed by atoms with Crippen molar-refractivity contribution in [2.75, 3.05) is 19.6 Å². The number of aromatic nitrogens is 2. The standard InChI is InChI=1S/C13H18N4O.ClH/c1-9-6-10(2)17(15-9)11-7-16(8-11)13(18)12-4-3-5-14-12;/h3-4,6,11-12,14H,5,7-8H2,1-2H3;1H. The van der Waals surface area contributed by atoms with E-state index in [1.54, 1.807) is 0 Å². The molecular weight excluding hydrogens is 264 g/mol. The van der Waals surface area contributed by atoms with Gasteiger partial charge in [0.1, 0.15) is 6.04 Å². The van der Waals surface area contributed by atoms with Gasteiger partial charge in [-0.3, -0.25) is 14.8 Å². The normalized spacial score (nSPS) is 22.2. The minimum atomic E-state index is -0.119. The second-order valence-corrected chi connectivity index (χ2v) is 5.08. The second kappa shape index (κ2) is 5.35. The van der Waals surface area contributed by atoms with E-state index in [-0.39, 0.29) is 24.4 Å². The molecule has 1 saturated heterocycles. The van der Waals surface area contributed by atoms with Gasteiger partial charge in [-0.2, -0.15) is 5.10 Å². The van der Waals surface area contributed by atoms with Crippen molar-refractivity contribution in [1.29, 1.82) is 0 Å². The van der Waals surface area contributed by atoms with Crippen LogP contribution in [0.15, 0.2) is 18.2 Å². The lowest BCUT2D eigenvalue weighted by Gasteiger charge is -2.40. The third-order valence-electron chi connectivity index (χ3n) is 3.61. The molecule has 0 saturated carbocycles. The van der Waals surface area contributed by atoms with Gasteiger partial charge in [0.15, 0.2) is 0 Å². The molecule has 1 aromatic rings. The van der Waals surface area contributed by atoms with E-state index in [0.29, 0.717) is 6.04 Å². The molecule has 1 N–H and O–H groups in total. The summed E-state index contributed by atoms with van der Waals surface area (Å²) >= 11 is 0. The summed E-state index contributed by atoms with van der Waals surface area (Å²) < 4.78 is 2.04. The number of carbonyl (C=O) groups is 1. The Bertz CT molecular complexity index is 505. The maximum Gasteiger partial charge on any atom is 0.243 e. The average Bonchev–Trinajstić information content (AvgIpc) is 2.86. The van der Waals surface area contributed by atoms with Gasteiger partial charge in [-0.25, -0.2) is 0 Å². The maximum absolute atomic E-state index is 12.1. The van der Waals surface area contributed by atoms with Crippen LogP contribution in [-0.4, -0.2) is 46.3 Å². The van der Waals surface area contributed by atoms with E-state index < -0.39 is 0 Å². The monoisotopic (exact) mass is 282 g/mol. The van der Waals surface area contributed by atoms with Crippen LogP contribution in [-0.2, 0) is 4.79 Å². The maximum atomic E-state index is 12.1. The van der Waals surface area contributed by atoms with E-state index in [4.69, 9.17) is 0 Å². The average molecular weight is 283 g/mol. The van der Waals surface area contributed by atoms with Crippen LogP contribution in [0.25, 0.3) is 0 Å². The Morgan fingerprint density at radius 1 is 1.42 bits per heavy atom. The van der Waals surface area contributed by atoms with Crippen molar-refractivity contribution in [2.24, 2.45) is 0 Å². The number of aryl methyl sites for hydroxylation is 2. The summed E-state index contributed by atoms with van der Waals surface area (Å²) in [6.45, 7) is 6.40. The second-order valence-electron chi connectivity index (χ2n) is 5.08. The van der Waals surface area contributed by atoms with E-state index in [1.807, 2.05) is 28.7 Å². The van der Waals surface area contributed by atoms with Crippen LogP contribution in [0.1, 0.15) is 17.4 Å². The van der Waals surface area contributed by atoms with Gasteiger partial charge in [0, 0.05) is 25.3 Å². The fraction of sp³-hybridized carbons (Fsp3) is 0.538. The first kappa shape index (κ1) is 14.1. The van der Waals surface area contributed by atoms with Crippen molar-refractivity contribution >= 4 is 18.3 Å². The molecule has 0 bridgehead atoms. The molecule has 1 atom stereocenters. The highest BCUT2D eigenvalue weighted by Crippen LogP contribution is 2.23. The summed E-state index contributed by atoms with van der Waals surface area (Å²) in [7, 11) is 0.